The van der Waals surface area contributed by atoms with Gasteiger partial charge in [0.25, 0.3) is 0 Å². The molecule has 2 aliphatic rings. The van der Waals surface area contributed by atoms with Crippen molar-refractivity contribution in [3.05, 3.63) is 36.3 Å². The number of aromatic nitrogens is 1. The average Bonchev–Trinajstić information content (AvgIpc) is 3.10. The van der Waals surface area contributed by atoms with E-state index in [0.29, 0.717) is 0 Å². The first-order valence-electron chi connectivity index (χ1n) is 10.4. The molecule has 14 nitrogen and oxygen atoms in total. The lowest BCUT2D eigenvalue weighted by Crippen LogP contribution is -2.57. The number of hydrogen-bond donors (Lipinski definition) is 8. The van der Waals surface area contributed by atoms with Crippen LogP contribution >= 0.6 is 0 Å². The molecule has 3 rings (SSSR count). The number of aliphatic hydroxyl groups excluding tert-OH is 3. The summed E-state index contributed by atoms with van der Waals surface area (Å²) in [7, 11) is 0. The van der Waals surface area contributed by atoms with E-state index in [0.717, 1.165) is 6.20 Å². The third-order valence-electron chi connectivity index (χ3n) is 5.79. The van der Waals surface area contributed by atoms with Crippen LogP contribution in [0.3, 0.4) is 0 Å². The molecule has 0 radical (unpaired) electrons. The van der Waals surface area contributed by atoms with Crippen LogP contribution in [0, 0.1) is 5.92 Å². The lowest BCUT2D eigenvalue weighted by molar-refractivity contribution is -0.150. The summed E-state index contributed by atoms with van der Waals surface area (Å²) in [6, 6.07) is -0.517. The summed E-state index contributed by atoms with van der Waals surface area (Å²) < 4.78 is 5.56. The minimum Gasteiger partial charge on any atom is -0.506 e. The fourth-order valence-electron chi connectivity index (χ4n) is 3.67. The number of carbonyl (C=O) groups is 3. The molecular weight excluding hydrogens is 454 g/mol. The zero-order valence-corrected chi connectivity index (χ0v) is 18.1. The van der Waals surface area contributed by atoms with E-state index in [-0.39, 0.29) is 24.0 Å². The molecule has 0 saturated carbocycles. The van der Waals surface area contributed by atoms with Gasteiger partial charge in [0.15, 0.2) is 12.3 Å². The molecule has 2 aliphatic heterocycles. The summed E-state index contributed by atoms with van der Waals surface area (Å²) in [5.41, 5.74) is 6.09. The van der Waals surface area contributed by atoms with Crippen molar-refractivity contribution in [2.24, 2.45) is 11.7 Å². The lowest BCUT2D eigenvalue weighted by Gasteiger charge is -2.31. The first-order valence-corrected chi connectivity index (χ1v) is 10.4. The van der Waals surface area contributed by atoms with Gasteiger partial charge >= 0.3 is 5.97 Å². The van der Waals surface area contributed by atoms with Gasteiger partial charge in [-0.3, -0.25) is 14.6 Å². The molecule has 1 aromatic rings. The number of pyridine rings is 1. The number of aliphatic hydroxyl groups is 3. The van der Waals surface area contributed by atoms with Crippen LogP contribution in [0.4, 0.5) is 0 Å². The normalized spacial score (nSPS) is 28.0. The molecule has 14 heteroatoms. The Hall–Kier alpha value is -3.30. The standard InChI is InChI=1S/C20H27N5O9/c1-8(14(28)10-3-2-9(26)6-22-10)12(21)18(31)24-13(20(32)33)17-15(29)16(30)19(34-17)25-5-4-11(27)23-7-25/h2-6,8,12-17,19,26,28-30H,7,21H2,1H3,(H,23,27)(H,24,31)(H,32,33)/t8-,12-,13-,14-,15+,16-,17+,19+/m0/s1. The van der Waals surface area contributed by atoms with Gasteiger partial charge in [-0.05, 0) is 12.1 Å². The highest BCUT2D eigenvalue weighted by Gasteiger charge is 2.51. The van der Waals surface area contributed by atoms with Crippen molar-refractivity contribution < 1.29 is 44.7 Å². The second-order valence-electron chi connectivity index (χ2n) is 8.10. The van der Waals surface area contributed by atoms with Gasteiger partial charge in [-0.1, -0.05) is 6.92 Å². The number of carboxylic acids is 1. The zero-order valence-electron chi connectivity index (χ0n) is 18.1. The maximum atomic E-state index is 12.7. The highest BCUT2D eigenvalue weighted by Crippen LogP contribution is 2.28. The molecule has 1 fully saturated rings. The molecule has 2 amide bonds. The smallest absolute Gasteiger partial charge is 0.329 e. The first-order chi connectivity index (χ1) is 16.0. The topological polar surface area (TPSA) is 228 Å². The number of carboxylic acid groups (broad SMARTS) is 1. The van der Waals surface area contributed by atoms with Crippen molar-refractivity contribution in [3.8, 4) is 5.75 Å². The summed E-state index contributed by atoms with van der Waals surface area (Å²) in [5, 5.41) is 54.9. The summed E-state index contributed by atoms with van der Waals surface area (Å²) in [4.78, 5) is 41.1. The van der Waals surface area contributed by atoms with Crippen LogP contribution in [0.25, 0.3) is 0 Å². The number of aliphatic carboxylic acids is 1. The minimum absolute atomic E-state index is 0.0494. The number of amides is 2. The Morgan fingerprint density at radius 2 is 2.03 bits per heavy atom. The number of rotatable bonds is 8. The van der Waals surface area contributed by atoms with Crippen molar-refractivity contribution in [1.29, 1.82) is 0 Å². The van der Waals surface area contributed by atoms with Crippen molar-refractivity contribution in [3.63, 3.8) is 0 Å². The Morgan fingerprint density at radius 3 is 2.59 bits per heavy atom. The molecule has 0 spiro atoms. The maximum Gasteiger partial charge on any atom is 0.329 e. The van der Waals surface area contributed by atoms with Gasteiger partial charge in [-0.25, -0.2) is 4.79 Å². The number of nitrogens with one attached hydrogen (secondary N) is 2. The van der Waals surface area contributed by atoms with Gasteiger partial charge in [0, 0.05) is 18.2 Å². The van der Waals surface area contributed by atoms with E-state index in [1.165, 1.54) is 36.2 Å². The van der Waals surface area contributed by atoms with Crippen LogP contribution < -0.4 is 16.4 Å². The number of nitrogens with zero attached hydrogens (tertiary/aromatic N) is 2. The summed E-state index contributed by atoms with van der Waals surface area (Å²) in [6.45, 7) is 1.41. The highest BCUT2D eigenvalue weighted by atomic mass is 16.6. The number of hydrogen-bond acceptors (Lipinski definition) is 11. The molecule has 8 atom stereocenters. The third kappa shape index (κ3) is 5.26. The molecular formula is C20H27N5O9. The van der Waals surface area contributed by atoms with Gasteiger partial charge in [-0.15, -0.1) is 0 Å². The van der Waals surface area contributed by atoms with Crippen molar-refractivity contribution in [2.45, 2.75) is 49.7 Å². The lowest BCUT2D eigenvalue weighted by atomic mass is 9.92. The van der Waals surface area contributed by atoms with E-state index < -0.39 is 60.5 Å². The predicted molar refractivity (Wildman–Crippen MR) is 112 cm³/mol. The molecule has 186 valence electrons. The Labute approximate surface area is 193 Å². The molecule has 1 aromatic heterocycles. The second-order valence-corrected chi connectivity index (χ2v) is 8.10. The third-order valence-corrected chi connectivity index (χ3v) is 5.79. The minimum atomic E-state index is -1.78. The van der Waals surface area contributed by atoms with E-state index in [9.17, 15) is 39.9 Å². The van der Waals surface area contributed by atoms with Gasteiger partial charge in [-0.2, -0.15) is 0 Å². The van der Waals surface area contributed by atoms with Crippen molar-refractivity contribution in [2.75, 3.05) is 6.67 Å². The number of ether oxygens (including phenoxy) is 1. The second kappa shape index (κ2) is 10.3. The molecule has 34 heavy (non-hydrogen) atoms. The SMILES string of the molecule is C[C@@H]([C@H](N)C(=O)N[C@H](C(=O)O)[C@H]1O[C@@H](N2C=CC(=O)NC2)[C@@H](O)[C@H]1O)[C@H](O)c1ccc(O)cn1. The van der Waals surface area contributed by atoms with E-state index in [4.69, 9.17) is 10.5 Å². The monoisotopic (exact) mass is 481 g/mol. The van der Waals surface area contributed by atoms with Crippen LogP contribution in [0.15, 0.2) is 30.6 Å². The first kappa shape index (κ1) is 25.3. The Kier molecular flexibility index (Phi) is 7.68. The zero-order chi connectivity index (χ0) is 25.2. The van der Waals surface area contributed by atoms with Crippen LogP contribution in [-0.4, -0.2) is 96.5 Å². The van der Waals surface area contributed by atoms with E-state index in [2.05, 4.69) is 15.6 Å². The number of carbonyl (C=O) groups excluding carboxylic acids is 2. The predicted octanol–water partition coefficient (Wildman–Crippen LogP) is -3.30. The average molecular weight is 481 g/mol. The Balaban J connectivity index is 1.69. The Morgan fingerprint density at radius 1 is 1.32 bits per heavy atom. The largest absolute Gasteiger partial charge is 0.506 e. The molecule has 9 N–H and O–H groups in total. The van der Waals surface area contributed by atoms with E-state index in [1.807, 2.05) is 0 Å². The Bertz CT molecular complexity index is 943. The molecule has 1 saturated heterocycles. The molecule has 3 heterocycles. The number of aromatic hydroxyl groups is 1. The van der Waals surface area contributed by atoms with Gasteiger partial charge in [0.05, 0.1) is 24.6 Å². The maximum absolute atomic E-state index is 12.7. The molecule has 0 bridgehead atoms. The summed E-state index contributed by atoms with van der Waals surface area (Å²) >= 11 is 0. The van der Waals surface area contributed by atoms with Crippen LogP contribution in [0.1, 0.15) is 18.7 Å². The highest BCUT2D eigenvalue weighted by molar-refractivity contribution is 5.88. The fraction of sp³-hybridized carbons (Fsp3) is 0.500. The van der Waals surface area contributed by atoms with Gasteiger partial charge in [0.2, 0.25) is 11.8 Å². The molecule has 0 unspecified atom stereocenters. The van der Waals surface area contributed by atoms with Crippen molar-refractivity contribution >= 4 is 17.8 Å². The molecule has 0 aromatic carbocycles. The molecule has 0 aliphatic carbocycles. The van der Waals surface area contributed by atoms with Crippen LogP contribution in [0.2, 0.25) is 0 Å². The van der Waals surface area contributed by atoms with Gasteiger partial charge < -0.3 is 51.5 Å². The summed E-state index contributed by atoms with van der Waals surface area (Å²) in [6.07, 6.45) is -3.65. The van der Waals surface area contributed by atoms with E-state index in [1.54, 1.807) is 0 Å². The van der Waals surface area contributed by atoms with Gasteiger partial charge in [0.1, 0.15) is 30.2 Å². The van der Waals surface area contributed by atoms with Crippen LogP contribution in [0.5, 0.6) is 5.75 Å². The fourth-order valence-corrected chi connectivity index (χ4v) is 3.67. The van der Waals surface area contributed by atoms with E-state index >= 15 is 0 Å². The quantitative estimate of drug-likeness (QED) is 0.183. The van der Waals surface area contributed by atoms with Crippen LogP contribution in [-0.2, 0) is 19.1 Å². The van der Waals surface area contributed by atoms with Crippen molar-refractivity contribution in [1.82, 2.24) is 20.5 Å². The number of nitrogens with two attached hydrogens (primary N) is 1. The summed E-state index contributed by atoms with van der Waals surface area (Å²) in [5.74, 6) is -3.90.